The molecule has 0 heterocycles. The van der Waals surface area contributed by atoms with Crippen molar-refractivity contribution in [2.75, 3.05) is 21.3 Å². The van der Waals surface area contributed by atoms with Gasteiger partial charge in [-0.15, -0.1) is 0 Å². The molecule has 0 saturated heterocycles. The van der Waals surface area contributed by atoms with Crippen LogP contribution in [-0.4, -0.2) is 38.2 Å². The summed E-state index contributed by atoms with van der Waals surface area (Å²) in [5.74, 6) is 0. The van der Waals surface area contributed by atoms with Crippen molar-refractivity contribution in [3.63, 3.8) is 0 Å². The zero-order valence-electron chi connectivity index (χ0n) is 9.38. The van der Waals surface area contributed by atoms with Gasteiger partial charge in [-0.1, -0.05) is 25.3 Å². The molecule has 0 unspecified atom stereocenters. The molecule has 0 aliphatic rings. The maximum Gasteiger partial charge on any atom is 0.528 e. The second-order valence-corrected chi connectivity index (χ2v) is 11.7. The topological polar surface area (TPSA) is 27.7 Å². The van der Waals surface area contributed by atoms with Crippen LogP contribution in [0.3, 0.4) is 0 Å². The fourth-order valence-electron chi connectivity index (χ4n) is 0.806. The van der Waals surface area contributed by atoms with E-state index in [0.717, 1.165) is 0 Å². The summed E-state index contributed by atoms with van der Waals surface area (Å²) in [4.78, 5) is 0. The molecule has 0 N–H and O–H groups in total. The molecule has 3 nitrogen and oxygen atoms in total. The van der Waals surface area contributed by atoms with Gasteiger partial charge >= 0.3 is 8.80 Å². The SMILES string of the molecule is CO[Si](C=C[Si](C)(C)C)(OC)OC. The maximum absolute atomic E-state index is 5.26. The van der Waals surface area contributed by atoms with Crippen molar-refractivity contribution in [3.8, 4) is 0 Å². The Labute approximate surface area is 83.1 Å². The first-order chi connectivity index (χ1) is 5.89. The van der Waals surface area contributed by atoms with E-state index in [-0.39, 0.29) is 0 Å². The Morgan fingerprint density at radius 1 is 0.769 bits per heavy atom. The fraction of sp³-hybridized carbons (Fsp3) is 0.750. The van der Waals surface area contributed by atoms with Crippen molar-refractivity contribution in [2.45, 2.75) is 19.6 Å². The summed E-state index contributed by atoms with van der Waals surface area (Å²) in [5, 5.41) is 0. The molecule has 5 heteroatoms. The van der Waals surface area contributed by atoms with Crippen molar-refractivity contribution in [2.24, 2.45) is 0 Å². The molecule has 0 spiro atoms. The Hall–Kier alpha value is 0.0538. The van der Waals surface area contributed by atoms with E-state index in [1.807, 2.05) is 5.70 Å². The van der Waals surface area contributed by atoms with Crippen LogP contribution >= 0.6 is 0 Å². The molecular formula is C8H20O3Si2. The van der Waals surface area contributed by atoms with Crippen LogP contribution in [0.5, 0.6) is 0 Å². The van der Waals surface area contributed by atoms with E-state index in [9.17, 15) is 0 Å². The first-order valence-corrected chi connectivity index (χ1v) is 9.63. The number of hydrogen-bond acceptors (Lipinski definition) is 3. The van der Waals surface area contributed by atoms with Gasteiger partial charge in [0.15, 0.2) is 0 Å². The Bertz CT molecular complexity index is 162. The fourth-order valence-corrected chi connectivity index (χ4v) is 4.53. The predicted molar refractivity (Wildman–Crippen MR) is 59.3 cm³/mol. The third-order valence-corrected chi connectivity index (χ3v) is 5.42. The predicted octanol–water partition coefficient (Wildman–Crippen LogP) is 1.84. The summed E-state index contributed by atoms with van der Waals surface area (Å²) in [7, 11) is 1.18. The van der Waals surface area contributed by atoms with Gasteiger partial charge in [0.2, 0.25) is 0 Å². The molecule has 0 fully saturated rings. The summed E-state index contributed by atoms with van der Waals surface area (Å²) < 4.78 is 15.8. The standard InChI is InChI=1S/C8H20O3Si2/c1-9-13(10-2,11-3)8-7-12(4,5)6/h7-8H,1-6H3. The van der Waals surface area contributed by atoms with Crippen molar-refractivity contribution in [3.05, 3.63) is 11.4 Å². The van der Waals surface area contributed by atoms with Crippen LogP contribution in [0.15, 0.2) is 11.4 Å². The highest BCUT2D eigenvalue weighted by Gasteiger charge is 2.34. The molecule has 0 aliphatic heterocycles. The molecule has 0 saturated carbocycles. The third-order valence-electron chi connectivity index (χ3n) is 1.64. The Morgan fingerprint density at radius 2 is 1.15 bits per heavy atom. The van der Waals surface area contributed by atoms with E-state index in [4.69, 9.17) is 13.3 Å². The van der Waals surface area contributed by atoms with Crippen LogP contribution in [0, 0.1) is 0 Å². The van der Waals surface area contributed by atoms with Crippen LogP contribution in [0.25, 0.3) is 0 Å². The van der Waals surface area contributed by atoms with Crippen molar-refractivity contribution in [1.82, 2.24) is 0 Å². The number of rotatable bonds is 5. The summed E-state index contributed by atoms with van der Waals surface area (Å²) in [6, 6.07) is 0. The highest BCUT2D eigenvalue weighted by Crippen LogP contribution is 2.11. The second-order valence-electron chi connectivity index (χ2n) is 3.92. The van der Waals surface area contributed by atoms with Crippen LogP contribution in [0.4, 0.5) is 0 Å². The van der Waals surface area contributed by atoms with Crippen LogP contribution in [0.1, 0.15) is 0 Å². The molecule has 0 bridgehead atoms. The molecule has 0 aromatic heterocycles. The van der Waals surface area contributed by atoms with Gasteiger partial charge in [0, 0.05) is 21.3 Å². The van der Waals surface area contributed by atoms with Gasteiger partial charge in [0.05, 0.1) is 8.07 Å². The molecule has 0 amide bonds. The minimum Gasteiger partial charge on any atom is -0.374 e. The molecule has 0 rings (SSSR count). The minimum absolute atomic E-state index is 1.20. The summed E-state index contributed by atoms with van der Waals surface area (Å²) in [6.07, 6.45) is 0. The van der Waals surface area contributed by atoms with E-state index in [1.165, 1.54) is 0 Å². The van der Waals surface area contributed by atoms with Gasteiger partial charge in [-0.25, -0.2) is 0 Å². The smallest absolute Gasteiger partial charge is 0.374 e. The van der Waals surface area contributed by atoms with E-state index < -0.39 is 16.9 Å². The summed E-state index contributed by atoms with van der Waals surface area (Å²) in [6.45, 7) is 6.76. The third kappa shape index (κ3) is 4.73. The molecule has 0 atom stereocenters. The Balaban J connectivity index is 4.51. The molecule has 0 aromatic carbocycles. The normalized spacial score (nSPS) is 14.0. The van der Waals surface area contributed by atoms with Crippen LogP contribution < -0.4 is 0 Å². The lowest BCUT2D eigenvalue weighted by Crippen LogP contribution is -2.41. The van der Waals surface area contributed by atoms with Gasteiger partial charge in [0.1, 0.15) is 0 Å². The highest BCUT2D eigenvalue weighted by atomic mass is 28.4. The van der Waals surface area contributed by atoms with E-state index in [2.05, 4.69) is 25.3 Å². The monoisotopic (exact) mass is 220 g/mol. The van der Waals surface area contributed by atoms with Crippen molar-refractivity contribution in [1.29, 1.82) is 0 Å². The Morgan fingerprint density at radius 3 is 1.38 bits per heavy atom. The second kappa shape index (κ2) is 5.06. The molecule has 0 radical (unpaired) electrons. The molecule has 0 aromatic rings. The zero-order valence-corrected chi connectivity index (χ0v) is 11.4. The first-order valence-electron chi connectivity index (χ1n) is 4.25. The molecule has 13 heavy (non-hydrogen) atoms. The Kier molecular flexibility index (Phi) is 5.09. The zero-order chi connectivity index (χ0) is 10.5. The van der Waals surface area contributed by atoms with Gasteiger partial charge in [0.25, 0.3) is 0 Å². The largest absolute Gasteiger partial charge is 0.528 e. The minimum atomic E-state index is -2.47. The number of hydrogen-bond donors (Lipinski definition) is 0. The van der Waals surface area contributed by atoms with Crippen LogP contribution in [-0.2, 0) is 13.3 Å². The van der Waals surface area contributed by atoms with Gasteiger partial charge in [-0.05, 0) is 5.70 Å². The van der Waals surface area contributed by atoms with E-state index in [0.29, 0.717) is 0 Å². The highest BCUT2D eigenvalue weighted by molar-refractivity contribution is 6.82. The van der Waals surface area contributed by atoms with E-state index in [1.54, 1.807) is 21.3 Å². The van der Waals surface area contributed by atoms with Gasteiger partial charge in [-0.2, -0.15) is 0 Å². The van der Waals surface area contributed by atoms with Crippen LogP contribution in [0.2, 0.25) is 19.6 Å². The molecule has 78 valence electrons. The summed E-state index contributed by atoms with van der Waals surface area (Å²) in [5.41, 5.74) is 4.16. The lowest BCUT2D eigenvalue weighted by Gasteiger charge is -2.21. The molecule has 0 aliphatic carbocycles. The van der Waals surface area contributed by atoms with Gasteiger partial charge < -0.3 is 13.3 Å². The molecular weight excluding hydrogens is 200 g/mol. The van der Waals surface area contributed by atoms with Gasteiger partial charge in [-0.3, -0.25) is 0 Å². The first kappa shape index (κ1) is 13.1. The average Bonchev–Trinajstić information content (AvgIpc) is 2.06. The average molecular weight is 220 g/mol. The van der Waals surface area contributed by atoms with E-state index >= 15 is 0 Å². The van der Waals surface area contributed by atoms with Crippen molar-refractivity contribution >= 4 is 16.9 Å². The van der Waals surface area contributed by atoms with Crippen molar-refractivity contribution < 1.29 is 13.3 Å². The lowest BCUT2D eigenvalue weighted by atomic mass is 11.2. The lowest BCUT2D eigenvalue weighted by molar-refractivity contribution is 0.138. The quantitative estimate of drug-likeness (QED) is 0.662. The summed E-state index contributed by atoms with van der Waals surface area (Å²) >= 11 is 0. The maximum atomic E-state index is 5.26.